The summed E-state index contributed by atoms with van der Waals surface area (Å²) < 4.78 is 10.6. The lowest BCUT2D eigenvalue weighted by molar-refractivity contribution is 0.102. The van der Waals surface area contributed by atoms with Crippen molar-refractivity contribution in [2.75, 3.05) is 12.4 Å². The number of rotatable bonds is 5. The molecule has 1 amide bonds. The highest BCUT2D eigenvalue weighted by Crippen LogP contribution is 2.38. The van der Waals surface area contributed by atoms with Crippen molar-refractivity contribution in [3.63, 3.8) is 0 Å². The van der Waals surface area contributed by atoms with E-state index >= 15 is 0 Å². The second kappa shape index (κ2) is 6.92. The van der Waals surface area contributed by atoms with Gasteiger partial charge >= 0.3 is 0 Å². The van der Waals surface area contributed by atoms with Gasteiger partial charge in [0.25, 0.3) is 5.91 Å². The maximum absolute atomic E-state index is 12.5. The SMILES string of the molecule is COc1cccc(C(=O)Nc2cc(-c3noc(C4CCC4)n3)sc2C)c1. The van der Waals surface area contributed by atoms with Gasteiger partial charge in [0.15, 0.2) is 0 Å². The predicted molar refractivity (Wildman–Crippen MR) is 99.9 cm³/mol. The highest BCUT2D eigenvalue weighted by molar-refractivity contribution is 7.16. The summed E-state index contributed by atoms with van der Waals surface area (Å²) in [5.74, 6) is 2.18. The molecule has 1 aliphatic rings. The molecule has 1 aliphatic carbocycles. The molecule has 3 aromatic rings. The Hall–Kier alpha value is -2.67. The Balaban J connectivity index is 1.52. The van der Waals surface area contributed by atoms with Gasteiger partial charge in [-0.1, -0.05) is 17.6 Å². The lowest BCUT2D eigenvalue weighted by Crippen LogP contribution is -2.11. The number of hydrogen-bond acceptors (Lipinski definition) is 6. The number of amides is 1. The molecule has 1 aromatic carbocycles. The minimum absolute atomic E-state index is 0.181. The van der Waals surface area contributed by atoms with Crippen molar-refractivity contribution in [1.29, 1.82) is 0 Å². The van der Waals surface area contributed by atoms with E-state index in [9.17, 15) is 4.79 Å². The van der Waals surface area contributed by atoms with Crippen LogP contribution >= 0.6 is 11.3 Å². The molecule has 0 saturated heterocycles. The summed E-state index contributed by atoms with van der Waals surface area (Å²) >= 11 is 1.54. The van der Waals surface area contributed by atoms with E-state index in [1.165, 1.54) is 17.8 Å². The molecule has 134 valence electrons. The molecular formula is C19H19N3O3S. The fourth-order valence-corrected chi connectivity index (χ4v) is 3.73. The Bertz CT molecular complexity index is 943. The molecule has 6 nitrogen and oxygen atoms in total. The van der Waals surface area contributed by atoms with Crippen LogP contribution in [0.5, 0.6) is 5.75 Å². The van der Waals surface area contributed by atoms with Crippen LogP contribution in [0.4, 0.5) is 5.69 Å². The number of ether oxygens (including phenoxy) is 1. The zero-order valence-corrected chi connectivity index (χ0v) is 15.4. The maximum Gasteiger partial charge on any atom is 0.255 e. The standard InChI is InChI=1S/C19H19N3O3S/c1-11-15(20-18(23)13-7-4-8-14(9-13)24-2)10-16(26-11)17-21-19(25-22-17)12-5-3-6-12/h4,7-10,12H,3,5-6H2,1-2H3,(H,20,23). The van der Waals surface area contributed by atoms with Crippen molar-refractivity contribution in [3.05, 3.63) is 46.7 Å². The fourth-order valence-electron chi connectivity index (χ4n) is 2.83. The van der Waals surface area contributed by atoms with Crippen LogP contribution in [-0.4, -0.2) is 23.2 Å². The van der Waals surface area contributed by atoms with E-state index in [-0.39, 0.29) is 5.91 Å². The predicted octanol–water partition coefficient (Wildman–Crippen LogP) is 4.63. The summed E-state index contributed by atoms with van der Waals surface area (Å²) in [6.45, 7) is 1.96. The number of nitrogens with zero attached hydrogens (tertiary/aromatic N) is 2. The number of thiophene rings is 1. The fraction of sp³-hybridized carbons (Fsp3) is 0.316. The molecule has 0 aliphatic heterocycles. The topological polar surface area (TPSA) is 77.2 Å². The van der Waals surface area contributed by atoms with E-state index < -0.39 is 0 Å². The highest BCUT2D eigenvalue weighted by Gasteiger charge is 2.26. The van der Waals surface area contributed by atoms with E-state index in [1.54, 1.807) is 31.4 Å². The molecule has 0 bridgehead atoms. The Morgan fingerprint density at radius 2 is 2.19 bits per heavy atom. The van der Waals surface area contributed by atoms with Crippen molar-refractivity contribution in [3.8, 4) is 16.5 Å². The van der Waals surface area contributed by atoms with E-state index in [4.69, 9.17) is 9.26 Å². The van der Waals surface area contributed by atoms with Gasteiger partial charge in [-0.15, -0.1) is 11.3 Å². The van der Waals surface area contributed by atoms with E-state index in [0.29, 0.717) is 23.1 Å². The summed E-state index contributed by atoms with van der Waals surface area (Å²) in [6.07, 6.45) is 3.46. The first kappa shape index (κ1) is 16.8. The van der Waals surface area contributed by atoms with Crippen LogP contribution in [0.15, 0.2) is 34.9 Å². The Morgan fingerprint density at radius 1 is 1.35 bits per heavy atom. The van der Waals surface area contributed by atoms with Gasteiger partial charge in [-0.25, -0.2) is 0 Å². The number of anilines is 1. The number of aryl methyl sites for hydroxylation is 1. The molecule has 26 heavy (non-hydrogen) atoms. The number of carbonyl (C=O) groups is 1. The zero-order chi connectivity index (χ0) is 18.1. The van der Waals surface area contributed by atoms with Crippen LogP contribution in [0.1, 0.15) is 46.3 Å². The number of nitrogens with one attached hydrogen (secondary N) is 1. The van der Waals surface area contributed by atoms with Crippen molar-refractivity contribution in [1.82, 2.24) is 10.1 Å². The molecule has 0 atom stereocenters. The minimum Gasteiger partial charge on any atom is -0.497 e. The first-order valence-corrected chi connectivity index (χ1v) is 9.35. The molecule has 4 rings (SSSR count). The number of hydrogen-bond donors (Lipinski definition) is 1. The number of benzene rings is 1. The molecule has 2 heterocycles. The lowest BCUT2D eigenvalue weighted by Gasteiger charge is -2.20. The summed E-state index contributed by atoms with van der Waals surface area (Å²) in [7, 11) is 1.58. The Morgan fingerprint density at radius 3 is 2.92 bits per heavy atom. The molecule has 2 aromatic heterocycles. The van der Waals surface area contributed by atoms with Gasteiger partial charge in [-0.3, -0.25) is 4.79 Å². The highest BCUT2D eigenvalue weighted by atomic mass is 32.1. The van der Waals surface area contributed by atoms with E-state index in [1.807, 2.05) is 13.0 Å². The molecule has 0 unspecified atom stereocenters. The number of methoxy groups -OCH3 is 1. The zero-order valence-electron chi connectivity index (χ0n) is 14.6. The average molecular weight is 369 g/mol. The average Bonchev–Trinajstić information content (AvgIpc) is 3.21. The first-order valence-electron chi connectivity index (χ1n) is 8.54. The van der Waals surface area contributed by atoms with Gasteiger partial charge in [0, 0.05) is 16.4 Å². The van der Waals surface area contributed by atoms with Crippen LogP contribution < -0.4 is 10.1 Å². The van der Waals surface area contributed by atoms with E-state index in [0.717, 1.165) is 34.2 Å². The minimum atomic E-state index is -0.181. The third-order valence-electron chi connectivity index (χ3n) is 4.61. The van der Waals surface area contributed by atoms with Crippen LogP contribution in [0, 0.1) is 6.92 Å². The number of carbonyl (C=O) groups excluding carboxylic acids is 1. The summed E-state index contributed by atoms with van der Waals surface area (Å²) in [5.41, 5.74) is 1.30. The second-order valence-corrected chi connectivity index (χ2v) is 7.61. The molecular weight excluding hydrogens is 350 g/mol. The van der Waals surface area contributed by atoms with Crippen molar-refractivity contribution in [2.24, 2.45) is 0 Å². The van der Waals surface area contributed by atoms with Crippen molar-refractivity contribution >= 4 is 22.9 Å². The Kier molecular flexibility index (Phi) is 4.46. The van der Waals surface area contributed by atoms with Gasteiger partial charge in [-0.2, -0.15) is 4.98 Å². The molecule has 0 spiro atoms. The smallest absolute Gasteiger partial charge is 0.255 e. The van der Waals surface area contributed by atoms with Gasteiger partial charge in [0.1, 0.15) is 5.75 Å². The molecule has 0 radical (unpaired) electrons. The maximum atomic E-state index is 12.5. The largest absolute Gasteiger partial charge is 0.497 e. The van der Waals surface area contributed by atoms with Gasteiger partial charge < -0.3 is 14.6 Å². The summed E-state index contributed by atoms with van der Waals surface area (Å²) in [4.78, 5) is 18.9. The third-order valence-corrected chi connectivity index (χ3v) is 5.66. The Labute approximate surface area is 155 Å². The van der Waals surface area contributed by atoms with Crippen LogP contribution in [0.2, 0.25) is 0 Å². The van der Waals surface area contributed by atoms with Crippen LogP contribution in [0.25, 0.3) is 10.7 Å². The summed E-state index contributed by atoms with van der Waals surface area (Å²) in [5, 5.41) is 7.05. The van der Waals surface area contributed by atoms with Crippen molar-refractivity contribution < 1.29 is 14.1 Å². The van der Waals surface area contributed by atoms with Crippen molar-refractivity contribution in [2.45, 2.75) is 32.1 Å². The molecule has 1 N–H and O–H groups in total. The van der Waals surface area contributed by atoms with Crippen LogP contribution in [0.3, 0.4) is 0 Å². The van der Waals surface area contributed by atoms with E-state index in [2.05, 4.69) is 15.5 Å². The normalized spacial score (nSPS) is 14.1. The molecule has 1 saturated carbocycles. The number of aromatic nitrogens is 2. The molecule has 7 heteroatoms. The first-order chi connectivity index (χ1) is 12.6. The van der Waals surface area contributed by atoms with Crippen LogP contribution in [-0.2, 0) is 0 Å². The second-order valence-electron chi connectivity index (χ2n) is 6.35. The third kappa shape index (κ3) is 3.22. The van der Waals surface area contributed by atoms with Gasteiger partial charge in [0.05, 0.1) is 17.7 Å². The van der Waals surface area contributed by atoms with Gasteiger partial charge in [-0.05, 0) is 44.0 Å². The summed E-state index contributed by atoms with van der Waals surface area (Å²) in [6, 6.07) is 8.96. The quantitative estimate of drug-likeness (QED) is 0.709. The monoisotopic (exact) mass is 369 g/mol. The molecule has 1 fully saturated rings. The lowest BCUT2D eigenvalue weighted by atomic mass is 9.85. The van der Waals surface area contributed by atoms with Gasteiger partial charge in [0.2, 0.25) is 11.7 Å².